The van der Waals surface area contributed by atoms with Gasteiger partial charge < -0.3 is 10.2 Å². The van der Waals surface area contributed by atoms with Gasteiger partial charge in [-0.25, -0.2) is 9.59 Å². The van der Waals surface area contributed by atoms with Gasteiger partial charge in [0, 0.05) is 12.5 Å². The summed E-state index contributed by atoms with van der Waals surface area (Å²) in [5.74, 6) is -1.11. The molecule has 2 rings (SSSR count). The van der Waals surface area contributed by atoms with Crippen LogP contribution in [-0.2, 0) is 4.79 Å². The van der Waals surface area contributed by atoms with E-state index < -0.39 is 18.1 Å². The molecule has 1 aliphatic rings. The first-order valence-electron chi connectivity index (χ1n) is 5.37. The highest BCUT2D eigenvalue weighted by Gasteiger charge is 2.40. The van der Waals surface area contributed by atoms with Gasteiger partial charge in [0.2, 0.25) is 0 Å². The number of benzene rings is 1. The van der Waals surface area contributed by atoms with E-state index in [1.54, 1.807) is 0 Å². The topological polar surface area (TPSA) is 77.8 Å². The predicted molar refractivity (Wildman–Crippen MR) is 60.0 cm³/mol. The van der Waals surface area contributed by atoms with Crippen LogP contribution in [0.3, 0.4) is 0 Å². The van der Waals surface area contributed by atoms with Crippen LogP contribution < -0.4 is 0 Å². The van der Waals surface area contributed by atoms with Gasteiger partial charge in [-0.2, -0.15) is 0 Å². The number of amides is 1. The molecular formula is C12H13NO4. The Morgan fingerprint density at radius 1 is 1.18 bits per heavy atom. The summed E-state index contributed by atoms with van der Waals surface area (Å²) >= 11 is 0. The Bertz CT molecular complexity index is 409. The van der Waals surface area contributed by atoms with Crippen LogP contribution in [-0.4, -0.2) is 39.8 Å². The molecule has 0 aromatic heterocycles. The lowest BCUT2D eigenvalue weighted by atomic mass is 9.96. The number of carbonyl (C=O) groups is 2. The molecule has 0 aliphatic carbocycles. The molecule has 2 N–H and O–H groups in total. The van der Waals surface area contributed by atoms with E-state index in [1.807, 2.05) is 30.3 Å². The highest BCUT2D eigenvalue weighted by molar-refractivity contribution is 5.80. The van der Waals surface area contributed by atoms with Crippen LogP contribution in [0.15, 0.2) is 30.3 Å². The Labute approximate surface area is 98.3 Å². The molecule has 1 aromatic carbocycles. The van der Waals surface area contributed by atoms with Crippen molar-refractivity contribution in [2.24, 2.45) is 0 Å². The van der Waals surface area contributed by atoms with Crippen LogP contribution in [0.1, 0.15) is 17.9 Å². The standard InChI is InChI=1S/C12H13NO4/c14-11(15)10-6-9(7-13(10)12(16)17)8-4-2-1-3-5-8/h1-5,9-10H,6-7H2,(H,14,15)(H,16,17)/t9-,10-/m1/s1. The molecule has 0 radical (unpaired) electrons. The number of likely N-dealkylation sites (tertiary alicyclic amines) is 1. The summed E-state index contributed by atoms with van der Waals surface area (Å²) in [4.78, 5) is 22.9. The molecule has 0 spiro atoms. The summed E-state index contributed by atoms with van der Waals surface area (Å²) in [5, 5.41) is 18.0. The Balaban J connectivity index is 2.20. The van der Waals surface area contributed by atoms with Gasteiger partial charge in [-0.05, 0) is 12.0 Å². The van der Waals surface area contributed by atoms with Gasteiger partial charge in [-0.15, -0.1) is 0 Å². The van der Waals surface area contributed by atoms with Crippen molar-refractivity contribution in [3.63, 3.8) is 0 Å². The zero-order chi connectivity index (χ0) is 12.4. The number of carboxylic acids is 1. The maximum absolute atomic E-state index is 11.0. The maximum atomic E-state index is 11.0. The normalized spacial score (nSPS) is 23.6. The minimum atomic E-state index is -1.17. The minimum Gasteiger partial charge on any atom is -0.480 e. The van der Waals surface area contributed by atoms with Gasteiger partial charge in [0.05, 0.1) is 0 Å². The molecule has 0 saturated carbocycles. The summed E-state index contributed by atoms with van der Waals surface area (Å²) in [6.07, 6.45) is -0.832. The molecule has 1 aliphatic heterocycles. The van der Waals surface area contributed by atoms with Crippen LogP contribution in [0.2, 0.25) is 0 Å². The first-order valence-corrected chi connectivity index (χ1v) is 5.37. The van der Waals surface area contributed by atoms with E-state index >= 15 is 0 Å². The third-order valence-electron chi connectivity index (χ3n) is 3.10. The van der Waals surface area contributed by atoms with Gasteiger partial charge in [0.25, 0.3) is 0 Å². The van der Waals surface area contributed by atoms with E-state index in [2.05, 4.69) is 0 Å². The zero-order valence-electron chi connectivity index (χ0n) is 9.11. The molecule has 1 amide bonds. The monoisotopic (exact) mass is 235 g/mol. The van der Waals surface area contributed by atoms with E-state index in [-0.39, 0.29) is 12.5 Å². The number of rotatable bonds is 2. The minimum absolute atomic E-state index is 0.0339. The van der Waals surface area contributed by atoms with E-state index in [0.29, 0.717) is 6.42 Å². The number of nitrogens with zero attached hydrogens (tertiary/aromatic N) is 1. The molecule has 17 heavy (non-hydrogen) atoms. The third kappa shape index (κ3) is 2.22. The second kappa shape index (κ2) is 4.45. The molecule has 2 atom stereocenters. The van der Waals surface area contributed by atoms with Crippen LogP contribution in [0.25, 0.3) is 0 Å². The summed E-state index contributed by atoms with van der Waals surface area (Å²) in [5.41, 5.74) is 0.988. The van der Waals surface area contributed by atoms with Crippen molar-refractivity contribution >= 4 is 12.1 Å². The number of hydrogen-bond acceptors (Lipinski definition) is 2. The van der Waals surface area contributed by atoms with Crippen molar-refractivity contribution in [1.29, 1.82) is 0 Å². The highest BCUT2D eigenvalue weighted by Crippen LogP contribution is 2.31. The fraction of sp³-hybridized carbons (Fsp3) is 0.333. The van der Waals surface area contributed by atoms with E-state index in [1.165, 1.54) is 0 Å². The zero-order valence-corrected chi connectivity index (χ0v) is 9.11. The third-order valence-corrected chi connectivity index (χ3v) is 3.10. The van der Waals surface area contributed by atoms with Gasteiger partial charge in [-0.1, -0.05) is 30.3 Å². The van der Waals surface area contributed by atoms with Gasteiger partial charge in [0.1, 0.15) is 6.04 Å². The van der Waals surface area contributed by atoms with Crippen molar-refractivity contribution < 1.29 is 19.8 Å². The van der Waals surface area contributed by atoms with Crippen molar-refractivity contribution in [3.05, 3.63) is 35.9 Å². The van der Waals surface area contributed by atoms with E-state index in [4.69, 9.17) is 10.2 Å². The quantitative estimate of drug-likeness (QED) is 0.816. The summed E-state index contributed by atoms with van der Waals surface area (Å²) < 4.78 is 0. The highest BCUT2D eigenvalue weighted by atomic mass is 16.4. The van der Waals surface area contributed by atoms with Gasteiger partial charge >= 0.3 is 12.1 Å². The largest absolute Gasteiger partial charge is 0.480 e. The Hall–Kier alpha value is -2.04. The average molecular weight is 235 g/mol. The van der Waals surface area contributed by atoms with Crippen LogP contribution in [0, 0.1) is 0 Å². The summed E-state index contributed by atoms with van der Waals surface area (Å²) in [7, 11) is 0. The van der Waals surface area contributed by atoms with Gasteiger partial charge in [-0.3, -0.25) is 4.90 Å². The molecule has 5 nitrogen and oxygen atoms in total. The first-order chi connectivity index (χ1) is 8.09. The van der Waals surface area contributed by atoms with Crippen LogP contribution >= 0.6 is 0 Å². The van der Waals surface area contributed by atoms with Crippen molar-refractivity contribution in [3.8, 4) is 0 Å². The Morgan fingerprint density at radius 2 is 1.82 bits per heavy atom. The SMILES string of the molecule is O=C(O)[C@H]1C[C@@H](c2ccccc2)CN1C(=O)O. The van der Waals surface area contributed by atoms with Crippen LogP contribution in [0.5, 0.6) is 0 Å². The molecule has 0 unspecified atom stereocenters. The van der Waals surface area contributed by atoms with E-state index in [9.17, 15) is 9.59 Å². The predicted octanol–water partition coefficient (Wildman–Crippen LogP) is 1.61. The van der Waals surface area contributed by atoms with Crippen molar-refractivity contribution in [2.45, 2.75) is 18.4 Å². The molecule has 1 aromatic rings. The maximum Gasteiger partial charge on any atom is 0.408 e. The summed E-state index contributed by atoms with van der Waals surface area (Å²) in [6, 6.07) is 8.48. The number of aliphatic carboxylic acids is 1. The van der Waals surface area contributed by atoms with Crippen LogP contribution in [0.4, 0.5) is 4.79 Å². The molecule has 1 heterocycles. The number of hydrogen-bond donors (Lipinski definition) is 2. The lowest BCUT2D eigenvalue weighted by Gasteiger charge is -2.16. The average Bonchev–Trinajstić information content (AvgIpc) is 2.75. The lowest BCUT2D eigenvalue weighted by molar-refractivity contribution is -0.141. The molecule has 1 saturated heterocycles. The molecule has 90 valence electrons. The molecular weight excluding hydrogens is 222 g/mol. The van der Waals surface area contributed by atoms with E-state index in [0.717, 1.165) is 10.5 Å². The summed E-state index contributed by atoms with van der Waals surface area (Å²) in [6.45, 7) is 0.246. The second-order valence-corrected chi connectivity index (χ2v) is 4.13. The first kappa shape index (κ1) is 11.4. The fourth-order valence-corrected chi connectivity index (χ4v) is 2.25. The smallest absolute Gasteiger partial charge is 0.408 e. The Kier molecular flexibility index (Phi) is 2.99. The molecule has 1 fully saturated rings. The molecule has 0 bridgehead atoms. The number of carboxylic acid groups (broad SMARTS) is 2. The Morgan fingerprint density at radius 3 is 2.29 bits per heavy atom. The van der Waals surface area contributed by atoms with Crippen molar-refractivity contribution in [2.75, 3.05) is 6.54 Å². The lowest BCUT2D eigenvalue weighted by Crippen LogP contribution is -2.39. The van der Waals surface area contributed by atoms with Crippen molar-refractivity contribution in [1.82, 2.24) is 4.90 Å². The molecule has 5 heteroatoms. The fourth-order valence-electron chi connectivity index (χ4n) is 2.25. The van der Waals surface area contributed by atoms with Gasteiger partial charge in [0.15, 0.2) is 0 Å². The second-order valence-electron chi connectivity index (χ2n) is 4.13.